The summed E-state index contributed by atoms with van der Waals surface area (Å²) < 4.78 is 26.2. The van der Waals surface area contributed by atoms with Crippen molar-refractivity contribution in [1.29, 1.82) is 0 Å². The fourth-order valence-corrected chi connectivity index (χ4v) is 3.14. The van der Waals surface area contributed by atoms with Crippen molar-refractivity contribution < 1.29 is 23.5 Å². The average Bonchev–Trinajstić information content (AvgIpc) is 3.03. The second kappa shape index (κ2) is 8.02. The summed E-state index contributed by atoms with van der Waals surface area (Å²) >= 11 is 5.94. The number of anilines is 1. The zero-order valence-electron chi connectivity index (χ0n) is 14.2. The molecule has 8 heteroatoms. The molecule has 1 aliphatic rings. The molecule has 1 saturated heterocycles. The van der Waals surface area contributed by atoms with Crippen molar-refractivity contribution in [3.05, 3.63) is 64.7 Å². The van der Waals surface area contributed by atoms with E-state index in [-0.39, 0.29) is 31.0 Å². The number of amides is 2. The van der Waals surface area contributed by atoms with Crippen molar-refractivity contribution in [3.63, 3.8) is 0 Å². The number of nitrogens with zero attached hydrogens (tertiary/aromatic N) is 1. The molecule has 1 aliphatic heterocycles. The minimum Gasteiger partial charge on any atom is -0.387 e. The van der Waals surface area contributed by atoms with Crippen LogP contribution in [-0.4, -0.2) is 30.0 Å². The lowest BCUT2D eigenvalue weighted by Gasteiger charge is -2.17. The van der Waals surface area contributed by atoms with Crippen molar-refractivity contribution in [2.75, 3.05) is 18.0 Å². The molecule has 142 valence electrons. The summed E-state index contributed by atoms with van der Waals surface area (Å²) in [6.07, 6.45) is -1.15. The van der Waals surface area contributed by atoms with Gasteiger partial charge >= 0.3 is 0 Å². The third-order valence-electron chi connectivity index (χ3n) is 4.41. The van der Waals surface area contributed by atoms with Gasteiger partial charge in [0.25, 0.3) is 0 Å². The van der Waals surface area contributed by atoms with E-state index in [4.69, 9.17) is 11.6 Å². The summed E-state index contributed by atoms with van der Waals surface area (Å²) in [5, 5.41) is 13.1. The number of aliphatic hydroxyl groups excluding tert-OH is 1. The van der Waals surface area contributed by atoms with E-state index >= 15 is 0 Å². The van der Waals surface area contributed by atoms with Gasteiger partial charge in [-0.15, -0.1) is 0 Å². The quantitative estimate of drug-likeness (QED) is 0.819. The summed E-state index contributed by atoms with van der Waals surface area (Å²) in [5.74, 6) is -3.25. The number of aliphatic hydroxyl groups is 1. The number of hydrogen-bond donors (Lipinski definition) is 2. The molecule has 0 bridgehead atoms. The lowest BCUT2D eigenvalue weighted by molar-refractivity contribution is -0.126. The first-order chi connectivity index (χ1) is 12.8. The third-order valence-corrected chi connectivity index (χ3v) is 4.65. The summed E-state index contributed by atoms with van der Waals surface area (Å²) in [4.78, 5) is 26.0. The average molecular weight is 395 g/mol. The molecule has 5 nitrogen and oxygen atoms in total. The van der Waals surface area contributed by atoms with Crippen LogP contribution in [0.1, 0.15) is 18.1 Å². The van der Waals surface area contributed by atoms with E-state index in [2.05, 4.69) is 5.32 Å². The number of carbonyl (C=O) groups is 2. The summed E-state index contributed by atoms with van der Waals surface area (Å²) in [6.45, 7) is 0.0258. The van der Waals surface area contributed by atoms with E-state index in [0.717, 1.165) is 12.1 Å². The van der Waals surface area contributed by atoms with E-state index in [1.165, 1.54) is 11.0 Å². The van der Waals surface area contributed by atoms with Gasteiger partial charge in [-0.25, -0.2) is 8.78 Å². The molecule has 0 aromatic heterocycles. The highest BCUT2D eigenvalue weighted by Crippen LogP contribution is 2.27. The molecule has 27 heavy (non-hydrogen) atoms. The van der Waals surface area contributed by atoms with Crippen molar-refractivity contribution in [3.8, 4) is 0 Å². The zero-order valence-corrected chi connectivity index (χ0v) is 14.9. The third kappa shape index (κ3) is 4.43. The Morgan fingerprint density at radius 3 is 2.74 bits per heavy atom. The van der Waals surface area contributed by atoms with Crippen LogP contribution in [0.2, 0.25) is 5.02 Å². The van der Waals surface area contributed by atoms with E-state index < -0.39 is 29.6 Å². The van der Waals surface area contributed by atoms with Crippen molar-refractivity contribution >= 4 is 29.1 Å². The summed E-state index contributed by atoms with van der Waals surface area (Å²) in [7, 11) is 0. The molecular formula is C19H17ClF2N2O3. The predicted molar refractivity (Wildman–Crippen MR) is 96.2 cm³/mol. The van der Waals surface area contributed by atoms with Crippen molar-refractivity contribution in [2.45, 2.75) is 12.5 Å². The number of hydrogen-bond acceptors (Lipinski definition) is 3. The lowest BCUT2D eigenvalue weighted by atomic mass is 10.1. The molecule has 0 saturated carbocycles. The molecule has 0 radical (unpaired) electrons. The largest absolute Gasteiger partial charge is 0.387 e. The fourth-order valence-electron chi connectivity index (χ4n) is 2.96. The molecule has 2 atom stereocenters. The highest BCUT2D eigenvalue weighted by molar-refractivity contribution is 6.31. The van der Waals surface area contributed by atoms with Gasteiger partial charge in [-0.3, -0.25) is 9.59 Å². The highest BCUT2D eigenvalue weighted by Gasteiger charge is 2.35. The monoisotopic (exact) mass is 394 g/mol. The van der Waals surface area contributed by atoms with Gasteiger partial charge < -0.3 is 15.3 Å². The van der Waals surface area contributed by atoms with Gasteiger partial charge in [0.05, 0.1) is 12.0 Å². The SMILES string of the molecule is O=C(NCC(O)c1ccc(F)c(F)c1)C1CC(=O)N(c2cccc(Cl)c2)C1. The lowest BCUT2D eigenvalue weighted by Crippen LogP contribution is -2.35. The van der Waals surface area contributed by atoms with E-state index in [9.17, 15) is 23.5 Å². The molecule has 2 aromatic rings. The molecule has 3 rings (SSSR count). The Kier molecular flexibility index (Phi) is 5.72. The van der Waals surface area contributed by atoms with Gasteiger partial charge in [-0.1, -0.05) is 23.7 Å². The summed E-state index contributed by atoms with van der Waals surface area (Å²) in [6, 6.07) is 9.82. The van der Waals surface area contributed by atoms with Crippen LogP contribution in [0.15, 0.2) is 42.5 Å². The van der Waals surface area contributed by atoms with Crippen LogP contribution in [-0.2, 0) is 9.59 Å². The van der Waals surface area contributed by atoms with E-state index in [1.54, 1.807) is 24.3 Å². The Hall–Kier alpha value is -2.51. The molecule has 2 N–H and O–H groups in total. The van der Waals surface area contributed by atoms with Crippen molar-refractivity contribution in [1.82, 2.24) is 5.32 Å². The van der Waals surface area contributed by atoms with Gasteiger partial charge in [0.2, 0.25) is 11.8 Å². The van der Waals surface area contributed by atoms with Crippen LogP contribution >= 0.6 is 11.6 Å². The maximum absolute atomic E-state index is 13.2. The fraction of sp³-hybridized carbons (Fsp3) is 0.263. The Labute approximate surface area is 159 Å². The second-order valence-electron chi connectivity index (χ2n) is 6.32. The van der Waals surface area contributed by atoms with E-state index in [0.29, 0.717) is 10.7 Å². The first-order valence-electron chi connectivity index (χ1n) is 8.32. The second-order valence-corrected chi connectivity index (χ2v) is 6.76. The zero-order chi connectivity index (χ0) is 19.6. The van der Waals surface area contributed by atoms with Crippen LogP contribution in [0, 0.1) is 17.6 Å². The summed E-state index contributed by atoms with van der Waals surface area (Å²) in [5.41, 5.74) is 0.766. The molecular weight excluding hydrogens is 378 g/mol. The maximum Gasteiger partial charge on any atom is 0.227 e. The number of benzene rings is 2. The van der Waals surface area contributed by atoms with Crippen LogP contribution in [0.3, 0.4) is 0 Å². The molecule has 1 heterocycles. The number of nitrogens with one attached hydrogen (secondary N) is 1. The van der Waals surface area contributed by atoms with Gasteiger partial charge in [0, 0.05) is 30.2 Å². The molecule has 2 unspecified atom stereocenters. The van der Waals surface area contributed by atoms with Crippen LogP contribution in [0.4, 0.5) is 14.5 Å². The van der Waals surface area contributed by atoms with Gasteiger partial charge in [-0.2, -0.15) is 0 Å². The van der Waals surface area contributed by atoms with Gasteiger partial charge in [-0.05, 0) is 35.9 Å². The molecule has 0 spiro atoms. The Bertz CT molecular complexity index is 878. The Morgan fingerprint density at radius 2 is 2.04 bits per heavy atom. The first kappa shape index (κ1) is 19.3. The Morgan fingerprint density at radius 1 is 1.26 bits per heavy atom. The normalized spacial score (nSPS) is 17.9. The van der Waals surface area contributed by atoms with Crippen LogP contribution < -0.4 is 10.2 Å². The minimum absolute atomic E-state index is 0.0413. The van der Waals surface area contributed by atoms with Crippen molar-refractivity contribution in [2.24, 2.45) is 5.92 Å². The Balaban J connectivity index is 1.58. The molecule has 0 aliphatic carbocycles. The molecule has 2 amide bonds. The molecule has 2 aromatic carbocycles. The van der Waals surface area contributed by atoms with Crippen LogP contribution in [0.5, 0.6) is 0 Å². The minimum atomic E-state index is -1.19. The number of rotatable bonds is 5. The van der Waals surface area contributed by atoms with E-state index in [1.807, 2.05) is 0 Å². The first-order valence-corrected chi connectivity index (χ1v) is 8.69. The predicted octanol–water partition coefficient (Wildman–Crippen LogP) is 2.82. The highest BCUT2D eigenvalue weighted by atomic mass is 35.5. The standard InChI is InChI=1S/C19H17ClF2N2O3/c20-13-2-1-3-14(8-13)24-10-12(7-18(24)26)19(27)23-9-17(25)11-4-5-15(21)16(22)6-11/h1-6,8,12,17,25H,7,9-10H2,(H,23,27). The number of halogens is 3. The maximum atomic E-state index is 13.2. The molecule has 1 fully saturated rings. The van der Waals surface area contributed by atoms with Gasteiger partial charge in [0.1, 0.15) is 0 Å². The van der Waals surface area contributed by atoms with Gasteiger partial charge in [0.15, 0.2) is 11.6 Å². The smallest absolute Gasteiger partial charge is 0.227 e. The topological polar surface area (TPSA) is 69.6 Å². The van der Waals surface area contributed by atoms with Crippen LogP contribution in [0.25, 0.3) is 0 Å². The number of carbonyl (C=O) groups excluding carboxylic acids is 2.